The predicted octanol–water partition coefficient (Wildman–Crippen LogP) is 5.58. The highest BCUT2D eigenvalue weighted by atomic mass is 79.9. The number of carbonyl (C=O) groups is 1. The number of hydrogen-bond donors (Lipinski definition) is 1. The van der Waals surface area contributed by atoms with E-state index in [-0.39, 0.29) is 12.7 Å². The van der Waals surface area contributed by atoms with E-state index in [1.807, 2.05) is 36.4 Å². The number of amides is 1. The standard InChI is InChI=1S/C25H20BrClN2O5/c1-31-23-12-18(10-20(26)25(23)32-14-17-2-6-19(27)7-3-17)13-28-29-24(30)9-5-16-4-8-21-22(11-16)34-15-33-21/h2-13H,14-15H2,1H3,(H,29,30)/b9-5+,28-13-. The summed E-state index contributed by atoms with van der Waals surface area (Å²) in [5.41, 5.74) is 4.96. The van der Waals surface area contributed by atoms with Gasteiger partial charge in [-0.25, -0.2) is 5.43 Å². The molecule has 34 heavy (non-hydrogen) atoms. The van der Waals surface area contributed by atoms with Crippen molar-refractivity contribution in [1.82, 2.24) is 5.43 Å². The van der Waals surface area contributed by atoms with Crippen molar-refractivity contribution in [3.63, 3.8) is 0 Å². The van der Waals surface area contributed by atoms with E-state index in [1.165, 1.54) is 12.3 Å². The topological polar surface area (TPSA) is 78.4 Å². The summed E-state index contributed by atoms with van der Waals surface area (Å²) in [6, 6.07) is 16.4. The van der Waals surface area contributed by atoms with Crippen molar-refractivity contribution in [3.05, 3.63) is 86.9 Å². The number of carbonyl (C=O) groups excluding carboxylic acids is 1. The van der Waals surface area contributed by atoms with Crippen molar-refractivity contribution >= 4 is 45.7 Å². The summed E-state index contributed by atoms with van der Waals surface area (Å²) in [5.74, 6) is 2.06. The first-order valence-electron chi connectivity index (χ1n) is 10.2. The number of fused-ring (bicyclic) bond motifs is 1. The number of nitrogens with zero attached hydrogens (tertiary/aromatic N) is 1. The molecule has 0 spiro atoms. The van der Waals surface area contributed by atoms with E-state index in [1.54, 1.807) is 31.4 Å². The lowest BCUT2D eigenvalue weighted by molar-refractivity contribution is -0.116. The van der Waals surface area contributed by atoms with E-state index >= 15 is 0 Å². The van der Waals surface area contributed by atoms with Gasteiger partial charge in [-0.15, -0.1) is 0 Å². The van der Waals surface area contributed by atoms with Gasteiger partial charge in [0.25, 0.3) is 5.91 Å². The molecule has 0 radical (unpaired) electrons. The quantitative estimate of drug-likeness (QED) is 0.228. The molecular weight excluding hydrogens is 524 g/mol. The molecule has 3 aromatic carbocycles. The van der Waals surface area contributed by atoms with Gasteiger partial charge in [0.1, 0.15) is 6.61 Å². The molecule has 0 aliphatic carbocycles. The molecule has 4 rings (SSSR count). The number of rotatable bonds is 8. The lowest BCUT2D eigenvalue weighted by Gasteiger charge is -2.13. The second-order valence-electron chi connectivity index (χ2n) is 7.13. The van der Waals surface area contributed by atoms with Crippen LogP contribution >= 0.6 is 27.5 Å². The molecule has 174 valence electrons. The summed E-state index contributed by atoms with van der Waals surface area (Å²) >= 11 is 9.44. The average molecular weight is 544 g/mol. The van der Waals surface area contributed by atoms with Crippen LogP contribution in [0.3, 0.4) is 0 Å². The van der Waals surface area contributed by atoms with Crippen molar-refractivity contribution in [2.24, 2.45) is 5.10 Å². The van der Waals surface area contributed by atoms with E-state index in [0.29, 0.717) is 44.7 Å². The molecule has 7 nitrogen and oxygen atoms in total. The third-order valence-corrected chi connectivity index (χ3v) is 5.60. The fraction of sp³-hybridized carbons (Fsp3) is 0.120. The third kappa shape index (κ3) is 6.09. The van der Waals surface area contributed by atoms with Crippen LogP contribution in [0.25, 0.3) is 6.08 Å². The summed E-state index contributed by atoms with van der Waals surface area (Å²) in [5, 5.41) is 4.68. The van der Waals surface area contributed by atoms with Gasteiger partial charge in [0, 0.05) is 11.1 Å². The van der Waals surface area contributed by atoms with Crippen molar-refractivity contribution in [2.75, 3.05) is 13.9 Å². The zero-order chi connectivity index (χ0) is 23.9. The Hall–Kier alpha value is -3.49. The van der Waals surface area contributed by atoms with Crippen molar-refractivity contribution in [3.8, 4) is 23.0 Å². The van der Waals surface area contributed by atoms with Crippen LogP contribution in [0.4, 0.5) is 0 Å². The minimum atomic E-state index is -0.372. The summed E-state index contributed by atoms with van der Waals surface area (Å²) in [7, 11) is 1.56. The van der Waals surface area contributed by atoms with Crippen molar-refractivity contribution in [1.29, 1.82) is 0 Å². The maximum Gasteiger partial charge on any atom is 0.264 e. The SMILES string of the molecule is COc1cc(/C=N\NC(=O)/C=C/c2ccc3c(c2)OCO3)cc(Br)c1OCc1ccc(Cl)cc1. The van der Waals surface area contributed by atoms with Crippen LogP contribution in [-0.2, 0) is 11.4 Å². The number of nitrogens with one attached hydrogen (secondary N) is 1. The Kier molecular flexibility index (Phi) is 7.72. The van der Waals surface area contributed by atoms with Gasteiger partial charge in [0.05, 0.1) is 17.8 Å². The Labute approximate surface area is 210 Å². The minimum absolute atomic E-state index is 0.202. The first kappa shape index (κ1) is 23.7. The Morgan fingerprint density at radius 3 is 2.71 bits per heavy atom. The Morgan fingerprint density at radius 1 is 1.12 bits per heavy atom. The fourth-order valence-electron chi connectivity index (χ4n) is 3.09. The normalized spacial score (nSPS) is 12.3. The molecule has 0 unspecified atom stereocenters. The summed E-state index contributed by atoms with van der Waals surface area (Å²) in [6.45, 7) is 0.555. The molecular formula is C25H20BrClN2O5. The second kappa shape index (κ2) is 11.1. The lowest BCUT2D eigenvalue weighted by Crippen LogP contribution is -2.14. The van der Waals surface area contributed by atoms with Crippen LogP contribution in [0, 0.1) is 0 Å². The Balaban J connectivity index is 1.36. The van der Waals surface area contributed by atoms with Crippen LogP contribution in [0.1, 0.15) is 16.7 Å². The van der Waals surface area contributed by atoms with Gasteiger partial charge in [0.15, 0.2) is 23.0 Å². The zero-order valence-electron chi connectivity index (χ0n) is 18.1. The molecule has 0 saturated heterocycles. The van der Waals surface area contributed by atoms with E-state index in [4.69, 9.17) is 30.5 Å². The van der Waals surface area contributed by atoms with Gasteiger partial charge >= 0.3 is 0 Å². The molecule has 0 saturated carbocycles. The Morgan fingerprint density at radius 2 is 1.91 bits per heavy atom. The molecule has 1 heterocycles. The highest BCUT2D eigenvalue weighted by Crippen LogP contribution is 2.37. The predicted molar refractivity (Wildman–Crippen MR) is 134 cm³/mol. The smallest absolute Gasteiger partial charge is 0.264 e. The molecule has 0 bridgehead atoms. The first-order chi connectivity index (χ1) is 16.5. The molecule has 9 heteroatoms. The number of hydrazone groups is 1. The van der Waals surface area contributed by atoms with Crippen LogP contribution in [0.15, 0.2) is 70.2 Å². The van der Waals surface area contributed by atoms with Crippen LogP contribution in [0.2, 0.25) is 5.02 Å². The molecule has 1 aliphatic heterocycles. The van der Waals surface area contributed by atoms with Gasteiger partial charge in [0.2, 0.25) is 6.79 Å². The third-order valence-electron chi connectivity index (χ3n) is 4.76. The van der Waals surface area contributed by atoms with Crippen molar-refractivity contribution < 1.29 is 23.7 Å². The number of ether oxygens (including phenoxy) is 4. The van der Waals surface area contributed by atoms with Gasteiger partial charge in [-0.1, -0.05) is 29.8 Å². The van der Waals surface area contributed by atoms with Crippen molar-refractivity contribution in [2.45, 2.75) is 6.61 Å². The maximum absolute atomic E-state index is 12.1. The van der Waals surface area contributed by atoms with Crippen LogP contribution in [-0.4, -0.2) is 26.0 Å². The van der Waals surface area contributed by atoms with Gasteiger partial charge in [-0.05, 0) is 75.1 Å². The van der Waals surface area contributed by atoms with E-state index in [0.717, 1.165) is 11.1 Å². The maximum atomic E-state index is 12.1. The summed E-state index contributed by atoms with van der Waals surface area (Å²) in [4.78, 5) is 12.1. The van der Waals surface area contributed by atoms with Gasteiger partial charge < -0.3 is 18.9 Å². The van der Waals surface area contributed by atoms with E-state index in [9.17, 15) is 4.79 Å². The second-order valence-corrected chi connectivity index (χ2v) is 8.42. The minimum Gasteiger partial charge on any atom is -0.493 e. The van der Waals surface area contributed by atoms with E-state index in [2.05, 4.69) is 26.5 Å². The monoisotopic (exact) mass is 542 g/mol. The zero-order valence-corrected chi connectivity index (χ0v) is 20.4. The lowest BCUT2D eigenvalue weighted by atomic mass is 10.2. The Bertz CT molecular complexity index is 1240. The molecule has 1 N–H and O–H groups in total. The number of benzene rings is 3. The number of hydrogen-bond acceptors (Lipinski definition) is 6. The van der Waals surface area contributed by atoms with Crippen LogP contribution < -0.4 is 24.4 Å². The molecule has 0 aromatic heterocycles. The molecule has 1 aliphatic rings. The summed E-state index contributed by atoms with van der Waals surface area (Å²) < 4.78 is 22.7. The highest BCUT2D eigenvalue weighted by Gasteiger charge is 2.13. The molecule has 0 atom stereocenters. The number of halogens is 2. The van der Waals surface area contributed by atoms with Crippen LogP contribution in [0.5, 0.6) is 23.0 Å². The first-order valence-corrected chi connectivity index (χ1v) is 11.3. The fourth-order valence-corrected chi connectivity index (χ4v) is 3.79. The highest BCUT2D eigenvalue weighted by molar-refractivity contribution is 9.10. The largest absolute Gasteiger partial charge is 0.493 e. The van der Waals surface area contributed by atoms with E-state index < -0.39 is 0 Å². The number of methoxy groups -OCH3 is 1. The van der Waals surface area contributed by atoms with Gasteiger partial charge in [-0.2, -0.15) is 5.10 Å². The summed E-state index contributed by atoms with van der Waals surface area (Å²) in [6.07, 6.45) is 4.57. The molecule has 3 aromatic rings. The molecule has 1 amide bonds. The molecule has 0 fully saturated rings. The average Bonchev–Trinajstić information content (AvgIpc) is 3.31. The van der Waals surface area contributed by atoms with Gasteiger partial charge in [-0.3, -0.25) is 4.79 Å².